The lowest BCUT2D eigenvalue weighted by Crippen LogP contribution is -2.44. The van der Waals surface area contributed by atoms with Crippen LogP contribution in [0.4, 0.5) is 0 Å². The van der Waals surface area contributed by atoms with Crippen molar-refractivity contribution in [2.75, 3.05) is 13.7 Å². The number of H-pyrrole nitrogens is 1. The zero-order valence-electron chi connectivity index (χ0n) is 11.9. The Hall–Kier alpha value is -2.01. The number of ether oxygens (including phenoxy) is 2. The van der Waals surface area contributed by atoms with Crippen molar-refractivity contribution in [2.45, 2.75) is 31.0 Å². The number of nitrogens with one attached hydrogen (secondary N) is 1. The molecule has 1 fully saturated rings. The number of rotatable bonds is 3. The van der Waals surface area contributed by atoms with Crippen molar-refractivity contribution in [1.82, 2.24) is 19.5 Å². The van der Waals surface area contributed by atoms with Crippen LogP contribution < -0.4 is 10.4 Å². The van der Waals surface area contributed by atoms with E-state index in [-0.39, 0.29) is 17.0 Å². The monoisotopic (exact) mass is 312 g/mol. The number of hydrogen-bond donors (Lipinski definition) is 4. The van der Waals surface area contributed by atoms with Gasteiger partial charge >= 0.3 is 5.69 Å². The van der Waals surface area contributed by atoms with Gasteiger partial charge in [-0.2, -0.15) is 4.98 Å². The molecule has 4 atom stereocenters. The van der Waals surface area contributed by atoms with E-state index in [0.29, 0.717) is 0 Å². The fraction of sp³-hybridized carbons (Fsp3) is 0.583. The molecule has 10 nitrogen and oxygen atoms in total. The zero-order chi connectivity index (χ0) is 16.1. The van der Waals surface area contributed by atoms with E-state index in [2.05, 4.69) is 15.0 Å². The van der Waals surface area contributed by atoms with Crippen LogP contribution in [-0.4, -0.2) is 66.4 Å². The molecule has 0 radical (unpaired) electrons. The molecule has 2 aromatic heterocycles. The van der Waals surface area contributed by atoms with Crippen molar-refractivity contribution in [3.05, 3.63) is 16.8 Å². The molecule has 0 unspecified atom stereocenters. The number of methoxy groups -OCH3 is 1. The molecule has 1 aliphatic rings. The molecular formula is C12H16N4O6. The first kappa shape index (κ1) is 14.9. The van der Waals surface area contributed by atoms with Gasteiger partial charge in [-0.1, -0.05) is 0 Å². The summed E-state index contributed by atoms with van der Waals surface area (Å²) in [4.78, 5) is 21.8. The topological polar surface area (TPSA) is 143 Å². The van der Waals surface area contributed by atoms with Gasteiger partial charge in [0.15, 0.2) is 11.7 Å². The molecule has 0 aliphatic carbocycles. The lowest BCUT2D eigenvalue weighted by molar-refractivity contribution is -0.0950. The Morgan fingerprint density at radius 2 is 2.32 bits per heavy atom. The van der Waals surface area contributed by atoms with Crippen LogP contribution in [0.25, 0.3) is 11.2 Å². The third-order valence-corrected chi connectivity index (χ3v) is 3.81. The number of fused-ring (bicyclic) bond motifs is 1. The van der Waals surface area contributed by atoms with E-state index >= 15 is 0 Å². The minimum Gasteiger partial charge on any atom is -0.479 e. The second kappa shape index (κ2) is 5.02. The van der Waals surface area contributed by atoms with Gasteiger partial charge in [0.2, 0.25) is 5.88 Å². The number of aliphatic hydroxyl groups is 3. The van der Waals surface area contributed by atoms with Gasteiger partial charge in [-0.05, 0) is 6.92 Å². The maximum Gasteiger partial charge on any atom is 0.349 e. The molecule has 0 amide bonds. The minimum atomic E-state index is -1.69. The molecule has 0 bridgehead atoms. The molecule has 1 aliphatic heterocycles. The van der Waals surface area contributed by atoms with Crippen molar-refractivity contribution in [1.29, 1.82) is 0 Å². The Bertz CT molecular complexity index is 754. The van der Waals surface area contributed by atoms with Crippen LogP contribution in [0.1, 0.15) is 13.2 Å². The first-order valence-corrected chi connectivity index (χ1v) is 6.57. The van der Waals surface area contributed by atoms with Crippen LogP contribution in [0, 0.1) is 0 Å². The van der Waals surface area contributed by atoms with Gasteiger partial charge in [0.25, 0.3) is 0 Å². The molecule has 4 N–H and O–H groups in total. The van der Waals surface area contributed by atoms with Gasteiger partial charge in [-0.3, -0.25) is 9.55 Å². The van der Waals surface area contributed by atoms with Crippen LogP contribution in [0.3, 0.4) is 0 Å². The summed E-state index contributed by atoms with van der Waals surface area (Å²) in [6, 6.07) is 0. The van der Waals surface area contributed by atoms with Gasteiger partial charge in [0, 0.05) is 0 Å². The average molecular weight is 312 g/mol. The molecule has 22 heavy (non-hydrogen) atoms. The maximum atomic E-state index is 11.6. The lowest BCUT2D eigenvalue weighted by Gasteiger charge is -2.27. The van der Waals surface area contributed by atoms with Crippen LogP contribution in [-0.2, 0) is 4.74 Å². The SMILES string of the molecule is COc1nc(=O)[nH]c2c1ncn2[C@@H]1O[C@H](CO)[C@@H](O)[C@@]1(C)O. The highest BCUT2D eigenvalue weighted by Crippen LogP contribution is 2.39. The number of hydrogen-bond acceptors (Lipinski definition) is 8. The molecule has 0 aromatic carbocycles. The second-order valence-electron chi connectivity index (χ2n) is 5.28. The Morgan fingerprint density at radius 3 is 2.91 bits per heavy atom. The van der Waals surface area contributed by atoms with Crippen LogP contribution in [0.5, 0.6) is 5.88 Å². The predicted octanol–water partition coefficient (Wildman–Crippen LogP) is -1.87. The molecular weight excluding hydrogens is 296 g/mol. The van der Waals surface area contributed by atoms with E-state index in [1.54, 1.807) is 0 Å². The molecule has 3 rings (SSSR count). The summed E-state index contributed by atoms with van der Waals surface area (Å²) < 4.78 is 11.9. The predicted molar refractivity (Wildman–Crippen MR) is 72.3 cm³/mol. The Morgan fingerprint density at radius 1 is 1.59 bits per heavy atom. The summed E-state index contributed by atoms with van der Waals surface area (Å²) in [7, 11) is 1.36. The quantitative estimate of drug-likeness (QED) is 0.516. The highest BCUT2D eigenvalue weighted by atomic mass is 16.6. The Kier molecular flexibility index (Phi) is 3.40. The molecule has 0 saturated carbocycles. The normalized spacial score (nSPS) is 31.8. The Labute approximate surface area is 124 Å². The Balaban J connectivity index is 2.15. The summed E-state index contributed by atoms with van der Waals surface area (Å²) in [5.74, 6) is 0.0365. The zero-order valence-corrected chi connectivity index (χ0v) is 11.9. The van der Waals surface area contributed by atoms with Crippen LogP contribution in [0.15, 0.2) is 11.1 Å². The number of aliphatic hydroxyl groups excluding tert-OH is 2. The summed E-state index contributed by atoms with van der Waals surface area (Å²) in [5, 5.41) is 29.7. The summed E-state index contributed by atoms with van der Waals surface area (Å²) in [6.07, 6.45) is -1.97. The number of aromatic nitrogens is 4. The summed E-state index contributed by atoms with van der Waals surface area (Å²) in [5.41, 5.74) is -1.83. The third-order valence-electron chi connectivity index (χ3n) is 3.81. The van der Waals surface area contributed by atoms with Crippen LogP contribution >= 0.6 is 0 Å². The van der Waals surface area contributed by atoms with Gasteiger partial charge in [-0.25, -0.2) is 9.78 Å². The van der Waals surface area contributed by atoms with Crippen LogP contribution in [0.2, 0.25) is 0 Å². The van der Waals surface area contributed by atoms with Gasteiger partial charge < -0.3 is 24.8 Å². The maximum absolute atomic E-state index is 11.6. The lowest BCUT2D eigenvalue weighted by atomic mass is 9.96. The van der Waals surface area contributed by atoms with E-state index < -0.39 is 36.3 Å². The van der Waals surface area contributed by atoms with E-state index in [4.69, 9.17) is 9.47 Å². The standard InChI is InChI=1S/C12H16N4O6/c1-12(20)7(18)5(3-17)22-10(12)16-4-13-6-8(16)14-11(19)15-9(6)21-2/h4-5,7,10,17-18,20H,3H2,1-2H3,(H,14,15,19)/t5-,7-,10-,12-/m1/s1. The molecule has 1 saturated heterocycles. The fourth-order valence-electron chi connectivity index (χ4n) is 2.63. The highest BCUT2D eigenvalue weighted by Gasteiger charge is 2.53. The smallest absolute Gasteiger partial charge is 0.349 e. The van der Waals surface area contributed by atoms with Gasteiger partial charge in [0.05, 0.1) is 20.0 Å². The number of aromatic amines is 1. The van der Waals surface area contributed by atoms with Gasteiger partial charge in [0.1, 0.15) is 23.5 Å². The first-order chi connectivity index (χ1) is 10.4. The molecule has 0 spiro atoms. The molecule has 3 heterocycles. The fourth-order valence-corrected chi connectivity index (χ4v) is 2.63. The van der Waals surface area contributed by atoms with Crippen molar-refractivity contribution in [3.8, 4) is 5.88 Å². The van der Waals surface area contributed by atoms with Crippen molar-refractivity contribution >= 4 is 11.2 Å². The summed E-state index contributed by atoms with van der Waals surface area (Å²) >= 11 is 0. The van der Waals surface area contributed by atoms with Gasteiger partial charge in [-0.15, -0.1) is 0 Å². The van der Waals surface area contributed by atoms with Crippen molar-refractivity contribution in [3.63, 3.8) is 0 Å². The molecule has 2 aromatic rings. The van der Waals surface area contributed by atoms with E-state index in [1.165, 1.54) is 24.9 Å². The second-order valence-corrected chi connectivity index (χ2v) is 5.28. The van der Waals surface area contributed by atoms with E-state index in [1.807, 2.05) is 0 Å². The minimum absolute atomic E-state index is 0.0365. The largest absolute Gasteiger partial charge is 0.479 e. The van der Waals surface area contributed by atoms with Crippen molar-refractivity contribution in [2.24, 2.45) is 0 Å². The summed E-state index contributed by atoms with van der Waals surface area (Å²) in [6.45, 7) is 0.919. The van der Waals surface area contributed by atoms with E-state index in [0.717, 1.165) is 0 Å². The highest BCUT2D eigenvalue weighted by molar-refractivity contribution is 5.76. The molecule has 120 valence electrons. The third kappa shape index (κ3) is 2.00. The van der Waals surface area contributed by atoms with E-state index in [9.17, 15) is 20.1 Å². The number of imidazole rings is 1. The molecule has 10 heteroatoms. The average Bonchev–Trinajstić information content (AvgIpc) is 2.98. The van der Waals surface area contributed by atoms with Crippen molar-refractivity contribution < 1.29 is 24.8 Å². The number of nitrogens with zero attached hydrogens (tertiary/aromatic N) is 3. The first-order valence-electron chi connectivity index (χ1n) is 6.57.